The van der Waals surface area contributed by atoms with Crippen molar-refractivity contribution in [3.63, 3.8) is 0 Å². The second kappa shape index (κ2) is 6.64. The molecule has 0 radical (unpaired) electrons. The molecule has 1 aromatic carbocycles. The Kier molecular flexibility index (Phi) is 4.85. The lowest BCUT2D eigenvalue weighted by molar-refractivity contribution is 0.673. The average molecular weight is 228 g/mol. The van der Waals surface area contributed by atoms with E-state index in [9.17, 15) is 0 Å². The van der Waals surface area contributed by atoms with E-state index in [1.54, 1.807) is 0 Å². The molecule has 0 bridgehead atoms. The van der Waals surface area contributed by atoms with Crippen LogP contribution in [0, 0.1) is 5.92 Å². The first-order valence-electron chi connectivity index (χ1n) is 7.13. The van der Waals surface area contributed by atoms with Gasteiger partial charge in [0, 0.05) is 0 Å². The van der Waals surface area contributed by atoms with Gasteiger partial charge in [-0.05, 0) is 36.7 Å². The van der Waals surface area contributed by atoms with Gasteiger partial charge in [0.15, 0.2) is 0 Å². The third-order valence-corrected chi connectivity index (χ3v) is 3.68. The Labute approximate surface area is 106 Å². The summed E-state index contributed by atoms with van der Waals surface area (Å²) in [6.07, 6.45) is 13.0. The molecule has 0 heteroatoms. The van der Waals surface area contributed by atoms with Crippen LogP contribution in [0.3, 0.4) is 0 Å². The number of hydrogen-bond donors (Lipinski definition) is 0. The van der Waals surface area contributed by atoms with E-state index in [0.29, 0.717) is 0 Å². The van der Waals surface area contributed by atoms with Gasteiger partial charge in [-0.2, -0.15) is 0 Å². The van der Waals surface area contributed by atoms with Gasteiger partial charge in [-0.3, -0.25) is 0 Å². The molecule has 17 heavy (non-hydrogen) atoms. The van der Waals surface area contributed by atoms with Gasteiger partial charge < -0.3 is 0 Å². The number of rotatable bonds is 7. The smallest absolute Gasteiger partial charge is 0.00930 e. The van der Waals surface area contributed by atoms with Crippen molar-refractivity contribution in [1.82, 2.24) is 0 Å². The molecule has 1 aromatic rings. The molecule has 2 rings (SSSR count). The summed E-state index contributed by atoms with van der Waals surface area (Å²) in [5.41, 5.74) is 1.52. The highest BCUT2D eigenvalue weighted by molar-refractivity contribution is 5.28. The largest absolute Gasteiger partial charge is 0.0882 e. The quantitative estimate of drug-likeness (QED) is 0.438. The summed E-state index contributed by atoms with van der Waals surface area (Å²) >= 11 is 0. The standard InChI is InChI=1S/C17H24/c1-2-3-4-5-6-8-13-16-14-17(16)15-11-9-7-10-12-15/h7-13,16-17H,2-6,14H2,1H3/b13-8+/t16-,17-/m0/s1. The van der Waals surface area contributed by atoms with Crippen LogP contribution in [-0.2, 0) is 0 Å². The predicted molar refractivity (Wildman–Crippen MR) is 75.2 cm³/mol. The van der Waals surface area contributed by atoms with Gasteiger partial charge in [0.25, 0.3) is 0 Å². The van der Waals surface area contributed by atoms with Crippen LogP contribution in [0.4, 0.5) is 0 Å². The Balaban J connectivity index is 1.64. The van der Waals surface area contributed by atoms with Gasteiger partial charge in [0.05, 0.1) is 0 Å². The molecule has 0 unspecified atom stereocenters. The molecule has 1 aliphatic carbocycles. The topological polar surface area (TPSA) is 0 Å². The third kappa shape index (κ3) is 4.03. The van der Waals surface area contributed by atoms with Crippen molar-refractivity contribution in [3.05, 3.63) is 48.0 Å². The Morgan fingerprint density at radius 2 is 1.94 bits per heavy atom. The summed E-state index contributed by atoms with van der Waals surface area (Å²) in [4.78, 5) is 0. The van der Waals surface area contributed by atoms with Crippen molar-refractivity contribution in [2.75, 3.05) is 0 Å². The van der Waals surface area contributed by atoms with Crippen LogP contribution in [0.2, 0.25) is 0 Å². The molecule has 1 fully saturated rings. The Hall–Kier alpha value is -1.04. The maximum absolute atomic E-state index is 2.45. The van der Waals surface area contributed by atoms with E-state index >= 15 is 0 Å². The first-order chi connectivity index (χ1) is 8.42. The third-order valence-electron chi connectivity index (χ3n) is 3.68. The predicted octanol–water partition coefficient (Wildman–Crippen LogP) is 5.32. The van der Waals surface area contributed by atoms with E-state index in [0.717, 1.165) is 11.8 Å². The van der Waals surface area contributed by atoms with Crippen LogP contribution in [0.25, 0.3) is 0 Å². The van der Waals surface area contributed by atoms with E-state index in [1.165, 1.54) is 44.1 Å². The van der Waals surface area contributed by atoms with Crippen LogP contribution in [0.15, 0.2) is 42.5 Å². The number of hydrogen-bond acceptors (Lipinski definition) is 0. The zero-order chi connectivity index (χ0) is 11.9. The van der Waals surface area contributed by atoms with Crippen LogP contribution in [0.1, 0.15) is 56.9 Å². The summed E-state index contributed by atoms with van der Waals surface area (Å²) in [5.74, 6) is 1.63. The van der Waals surface area contributed by atoms with E-state index < -0.39 is 0 Å². The summed E-state index contributed by atoms with van der Waals surface area (Å²) < 4.78 is 0. The van der Waals surface area contributed by atoms with Gasteiger partial charge in [-0.25, -0.2) is 0 Å². The fourth-order valence-electron chi connectivity index (χ4n) is 2.47. The van der Waals surface area contributed by atoms with E-state index in [4.69, 9.17) is 0 Å². The molecule has 0 heterocycles. The van der Waals surface area contributed by atoms with Gasteiger partial charge in [-0.15, -0.1) is 0 Å². The highest BCUT2D eigenvalue weighted by atomic mass is 14.4. The number of allylic oxidation sites excluding steroid dienone is 2. The summed E-state index contributed by atoms with van der Waals surface area (Å²) in [7, 11) is 0. The average Bonchev–Trinajstić information content (AvgIpc) is 3.14. The van der Waals surface area contributed by atoms with E-state index in [2.05, 4.69) is 49.4 Å². The molecule has 0 nitrogen and oxygen atoms in total. The highest BCUT2D eigenvalue weighted by Gasteiger charge is 2.35. The summed E-state index contributed by atoms with van der Waals surface area (Å²) in [6.45, 7) is 2.27. The minimum absolute atomic E-state index is 0.808. The van der Waals surface area contributed by atoms with Crippen molar-refractivity contribution in [2.45, 2.75) is 51.4 Å². The summed E-state index contributed by atoms with van der Waals surface area (Å²) in [6, 6.07) is 10.9. The molecule has 2 atom stereocenters. The van der Waals surface area contributed by atoms with Gasteiger partial charge in [0.1, 0.15) is 0 Å². The Bertz CT molecular complexity index is 336. The SMILES string of the molecule is CCCCCC/C=C/[C@H]1C[C@H]1c1ccccc1. The van der Waals surface area contributed by atoms with Crippen LogP contribution < -0.4 is 0 Å². The molecule has 1 saturated carbocycles. The van der Waals surface area contributed by atoms with Gasteiger partial charge >= 0.3 is 0 Å². The molecule has 0 N–H and O–H groups in total. The Morgan fingerprint density at radius 3 is 2.71 bits per heavy atom. The van der Waals surface area contributed by atoms with Crippen LogP contribution in [0.5, 0.6) is 0 Å². The molecule has 0 spiro atoms. The molecule has 92 valence electrons. The number of benzene rings is 1. The van der Waals surface area contributed by atoms with E-state index in [1.807, 2.05) is 0 Å². The van der Waals surface area contributed by atoms with Gasteiger partial charge in [0.2, 0.25) is 0 Å². The minimum atomic E-state index is 0.808. The fourth-order valence-corrected chi connectivity index (χ4v) is 2.47. The van der Waals surface area contributed by atoms with Crippen molar-refractivity contribution >= 4 is 0 Å². The van der Waals surface area contributed by atoms with Crippen molar-refractivity contribution < 1.29 is 0 Å². The van der Waals surface area contributed by atoms with Crippen molar-refractivity contribution in [3.8, 4) is 0 Å². The molecular weight excluding hydrogens is 204 g/mol. The Morgan fingerprint density at radius 1 is 1.12 bits per heavy atom. The lowest BCUT2D eigenvalue weighted by Crippen LogP contribution is -1.80. The molecular formula is C17H24. The van der Waals surface area contributed by atoms with Crippen LogP contribution in [-0.4, -0.2) is 0 Å². The minimum Gasteiger partial charge on any atom is -0.0882 e. The second-order valence-electron chi connectivity index (χ2n) is 5.19. The van der Waals surface area contributed by atoms with Crippen molar-refractivity contribution in [2.24, 2.45) is 5.92 Å². The maximum Gasteiger partial charge on any atom is -0.00930 e. The molecule has 0 aliphatic heterocycles. The van der Waals surface area contributed by atoms with E-state index in [-0.39, 0.29) is 0 Å². The summed E-state index contributed by atoms with van der Waals surface area (Å²) in [5, 5.41) is 0. The van der Waals surface area contributed by atoms with Gasteiger partial charge in [-0.1, -0.05) is 68.7 Å². The molecule has 1 aliphatic rings. The second-order valence-corrected chi connectivity index (χ2v) is 5.19. The molecule has 0 amide bonds. The normalized spacial score (nSPS) is 23.1. The zero-order valence-corrected chi connectivity index (χ0v) is 10.9. The zero-order valence-electron chi connectivity index (χ0n) is 10.9. The molecule has 0 saturated heterocycles. The lowest BCUT2D eigenvalue weighted by atomic mass is 10.1. The first-order valence-corrected chi connectivity index (χ1v) is 7.13. The molecule has 0 aromatic heterocycles. The van der Waals surface area contributed by atoms with Crippen LogP contribution >= 0.6 is 0 Å². The fraction of sp³-hybridized carbons (Fsp3) is 0.529. The highest BCUT2D eigenvalue weighted by Crippen LogP contribution is 2.48. The monoisotopic (exact) mass is 228 g/mol. The number of unbranched alkanes of at least 4 members (excludes halogenated alkanes) is 4. The maximum atomic E-state index is 2.45. The van der Waals surface area contributed by atoms with Crippen molar-refractivity contribution in [1.29, 1.82) is 0 Å². The lowest BCUT2D eigenvalue weighted by Gasteiger charge is -1.96. The first kappa shape index (κ1) is 12.4.